The number of hydrogen-bond donors (Lipinski definition) is 2. The van der Waals surface area contributed by atoms with Crippen LogP contribution in [0, 0.1) is 11.3 Å². The van der Waals surface area contributed by atoms with Crippen LogP contribution in [-0.2, 0) is 9.59 Å². The van der Waals surface area contributed by atoms with E-state index < -0.39 is 12.0 Å². The van der Waals surface area contributed by atoms with E-state index in [9.17, 15) is 9.59 Å². The van der Waals surface area contributed by atoms with Crippen LogP contribution in [0.1, 0.15) is 32.1 Å². The highest BCUT2D eigenvalue weighted by atomic mass is 16.4. The van der Waals surface area contributed by atoms with Crippen LogP contribution in [0.5, 0.6) is 0 Å². The van der Waals surface area contributed by atoms with Crippen LogP contribution < -0.4 is 5.32 Å². The fourth-order valence-electron chi connectivity index (χ4n) is 3.22. The Hall–Kier alpha value is -1.06. The summed E-state index contributed by atoms with van der Waals surface area (Å²) in [7, 11) is 0. The Labute approximate surface area is 82.7 Å². The molecule has 2 aliphatic carbocycles. The van der Waals surface area contributed by atoms with Crippen molar-refractivity contribution in [3.8, 4) is 0 Å². The maximum atomic E-state index is 11.0. The predicted molar refractivity (Wildman–Crippen MR) is 49.6 cm³/mol. The highest BCUT2D eigenvalue weighted by Gasteiger charge is 2.52. The molecule has 0 heterocycles. The number of fused-ring (bicyclic) bond motifs is 2. The topological polar surface area (TPSA) is 66.4 Å². The molecule has 0 aromatic heterocycles. The number of carboxylic acid groups (broad SMARTS) is 1. The Kier molecular flexibility index (Phi) is 2.21. The second kappa shape index (κ2) is 3.26. The third-order valence-electron chi connectivity index (χ3n) is 3.89. The van der Waals surface area contributed by atoms with Crippen LogP contribution in [0.3, 0.4) is 0 Å². The summed E-state index contributed by atoms with van der Waals surface area (Å²) in [4.78, 5) is 21.4. The molecule has 0 radical (unpaired) electrons. The fraction of sp³-hybridized carbons (Fsp3) is 0.800. The van der Waals surface area contributed by atoms with Gasteiger partial charge in [0.1, 0.15) is 6.04 Å². The molecule has 4 heteroatoms. The van der Waals surface area contributed by atoms with Gasteiger partial charge in [-0.15, -0.1) is 0 Å². The molecule has 2 N–H and O–H groups in total. The second-order valence-corrected chi connectivity index (χ2v) is 4.57. The molecule has 1 atom stereocenters. The monoisotopic (exact) mass is 197 g/mol. The van der Waals surface area contributed by atoms with E-state index in [1.54, 1.807) is 0 Å². The molecule has 2 saturated carbocycles. The molecule has 1 unspecified atom stereocenters. The van der Waals surface area contributed by atoms with E-state index >= 15 is 0 Å². The molecule has 2 aliphatic rings. The summed E-state index contributed by atoms with van der Waals surface area (Å²) in [6, 6.07) is -0.674. The molecular formula is C10H15NO3. The van der Waals surface area contributed by atoms with E-state index in [1.165, 1.54) is 0 Å². The van der Waals surface area contributed by atoms with Gasteiger partial charge in [-0.1, -0.05) is 0 Å². The molecule has 0 spiro atoms. The van der Waals surface area contributed by atoms with Crippen molar-refractivity contribution in [2.45, 2.75) is 38.1 Å². The molecule has 0 saturated heterocycles. The zero-order chi connectivity index (χ0) is 10.2. The van der Waals surface area contributed by atoms with Crippen molar-refractivity contribution in [1.82, 2.24) is 5.32 Å². The van der Waals surface area contributed by atoms with Gasteiger partial charge in [-0.05, 0) is 38.0 Å². The molecule has 0 aromatic rings. The van der Waals surface area contributed by atoms with Crippen molar-refractivity contribution in [3.05, 3.63) is 0 Å². The van der Waals surface area contributed by atoms with E-state index in [0.29, 0.717) is 12.3 Å². The van der Waals surface area contributed by atoms with Crippen LogP contribution in [0.25, 0.3) is 0 Å². The summed E-state index contributed by atoms with van der Waals surface area (Å²) in [5.74, 6) is -0.190. The van der Waals surface area contributed by atoms with E-state index in [-0.39, 0.29) is 5.41 Å². The summed E-state index contributed by atoms with van der Waals surface area (Å²) in [5, 5.41) is 11.5. The SMILES string of the molecule is O=CNC(C(=O)O)C12CCC(CC1)C2. The Bertz CT molecular complexity index is 256. The van der Waals surface area contributed by atoms with Crippen molar-refractivity contribution in [2.75, 3.05) is 0 Å². The smallest absolute Gasteiger partial charge is 0.326 e. The maximum absolute atomic E-state index is 11.0. The summed E-state index contributed by atoms with van der Waals surface area (Å²) >= 11 is 0. The van der Waals surface area contributed by atoms with Crippen molar-refractivity contribution >= 4 is 12.4 Å². The van der Waals surface area contributed by atoms with Crippen molar-refractivity contribution < 1.29 is 14.7 Å². The number of hydrogen-bond acceptors (Lipinski definition) is 2. The van der Waals surface area contributed by atoms with Gasteiger partial charge in [-0.2, -0.15) is 0 Å². The lowest BCUT2D eigenvalue weighted by Gasteiger charge is -2.32. The molecule has 78 valence electrons. The Morgan fingerprint density at radius 1 is 1.50 bits per heavy atom. The molecule has 14 heavy (non-hydrogen) atoms. The zero-order valence-electron chi connectivity index (χ0n) is 8.03. The number of carbonyl (C=O) groups excluding carboxylic acids is 1. The molecule has 1 amide bonds. The summed E-state index contributed by atoms with van der Waals surface area (Å²) < 4.78 is 0. The van der Waals surface area contributed by atoms with Crippen molar-refractivity contribution in [2.24, 2.45) is 11.3 Å². The fourth-order valence-corrected chi connectivity index (χ4v) is 3.22. The standard InChI is InChI=1S/C10H15NO3/c12-6-11-8(9(13)14)10-3-1-7(5-10)2-4-10/h6-8H,1-5H2,(H,11,12)(H,13,14). The molecule has 0 aromatic carbocycles. The first-order chi connectivity index (χ1) is 6.68. The number of carbonyl (C=O) groups is 2. The average Bonchev–Trinajstić information content (AvgIpc) is 2.73. The van der Waals surface area contributed by atoms with Crippen molar-refractivity contribution in [3.63, 3.8) is 0 Å². The van der Waals surface area contributed by atoms with Crippen LogP contribution in [0.2, 0.25) is 0 Å². The lowest BCUT2D eigenvalue weighted by molar-refractivity contribution is -0.144. The predicted octanol–water partition coefficient (Wildman–Crippen LogP) is 0.766. The van der Waals surface area contributed by atoms with Gasteiger partial charge < -0.3 is 10.4 Å². The average molecular weight is 197 g/mol. The van der Waals surface area contributed by atoms with E-state index in [1.807, 2.05) is 0 Å². The number of amides is 1. The van der Waals surface area contributed by atoms with Gasteiger partial charge in [-0.3, -0.25) is 4.79 Å². The van der Waals surface area contributed by atoms with Crippen molar-refractivity contribution in [1.29, 1.82) is 0 Å². The minimum atomic E-state index is -0.889. The molecule has 4 nitrogen and oxygen atoms in total. The molecule has 2 fully saturated rings. The quantitative estimate of drug-likeness (QED) is 0.654. The van der Waals surface area contributed by atoms with Gasteiger partial charge in [-0.25, -0.2) is 4.79 Å². The first-order valence-corrected chi connectivity index (χ1v) is 5.10. The lowest BCUT2D eigenvalue weighted by Crippen LogP contribution is -2.48. The normalized spacial score (nSPS) is 36.7. The summed E-state index contributed by atoms with van der Waals surface area (Å²) in [6.45, 7) is 0. The van der Waals surface area contributed by atoms with Gasteiger partial charge >= 0.3 is 5.97 Å². The van der Waals surface area contributed by atoms with Gasteiger partial charge in [0.05, 0.1) is 0 Å². The van der Waals surface area contributed by atoms with Crippen LogP contribution in [-0.4, -0.2) is 23.5 Å². The maximum Gasteiger partial charge on any atom is 0.326 e. The third kappa shape index (κ3) is 1.29. The largest absolute Gasteiger partial charge is 0.480 e. The molecular weight excluding hydrogens is 182 g/mol. The van der Waals surface area contributed by atoms with Crippen LogP contribution in [0.4, 0.5) is 0 Å². The number of nitrogens with one attached hydrogen (secondary N) is 1. The van der Waals surface area contributed by atoms with Gasteiger partial charge in [0.15, 0.2) is 0 Å². The van der Waals surface area contributed by atoms with E-state index in [0.717, 1.165) is 32.1 Å². The molecule has 2 rings (SSSR count). The highest BCUT2D eigenvalue weighted by Crippen LogP contribution is 2.55. The van der Waals surface area contributed by atoms with Crippen LogP contribution in [0.15, 0.2) is 0 Å². The summed E-state index contributed by atoms with van der Waals surface area (Å²) in [6.07, 6.45) is 5.66. The number of rotatable bonds is 4. The number of carboxylic acids is 1. The van der Waals surface area contributed by atoms with Gasteiger partial charge in [0.2, 0.25) is 6.41 Å². The number of aliphatic carboxylic acids is 1. The summed E-state index contributed by atoms with van der Waals surface area (Å²) in [5.41, 5.74) is -0.141. The van der Waals surface area contributed by atoms with Crippen LogP contribution >= 0.6 is 0 Å². The third-order valence-corrected chi connectivity index (χ3v) is 3.89. The minimum absolute atomic E-state index is 0.141. The Balaban J connectivity index is 2.17. The molecule has 0 aliphatic heterocycles. The first-order valence-electron chi connectivity index (χ1n) is 5.10. The Morgan fingerprint density at radius 2 is 2.14 bits per heavy atom. The first kappa shape index (κ1) is 9.49. The second-order valence-electron chi connectivity index (χ2n) is 4.57. The van der Waals surface area contributed by atoms with E-state index in [4.69, 9.17) is 5.11 Å². The highest BCUT2D eigenvalue weighted by molar-refractivity contribution is 5.77. The van der Waals surface area contributed by atoms with Gasteiger partial charge in [0.25, 0.3) is 0 Å². The van der Waals surface area contributed by atoms with Gasteiger partial charge in [0, 0.05) is 5.41 Å². The minimum Gasteiger partial charge on any atom is -0.480 e. The molecule has 2 bridgehead atoms. The zero-order valence-corrected chi connectivity index (χ0v) is 8.03. The Morgan fingerprint density at radius 3 is 2.50 bits per heavy atom. The van der Waals surface area contributed by atoms with E-state index in [2.05, 4.69) is 5.32 Å². The lowest BCUT2D eigenvalue weighted by atomic mass is 9.77.